The summed E-state index contributed by atoms with van der Waals surface area (Å²) in [5.74, 6) is 0.213. The van der Waals surface area contributed by atoms with Gasteiger partial charge < -0.3 is 27.3 Å². The van der Waals surface area contributed by atoms with E-state index in [1.54, 1.807) is 0 Å². The van der Waals surface area contributed by atoms with Crippen LogP contribution in [0, 0.1) is 0 Å². The van der Waals surface area contributed by atoms with Crippen LogP contribution in [0.4, 0.5) is 0 Å². The zero-order valence-electron chi connectivity index (χ0n) is 21.2. The highest BCUT2D eigenvalue weighted by Crippen LogP contribution is 2.13. The van der Waals surface area contributed by atoms with E-state index in [2.05, 4.69) is 26.3 Å². The van der Waals surface area contributed by atoms with Gasteiger partial charge in [0, 0.05) is 32.4 Å². The van der Waals surface area contributed by atoms with Crippen LogP contribution in [0.15, 0.2) is 0 Å². The maximum atomic E-state index is 11.9. The van der Waals surface area contributed by atoms with Crippen LogP contribution in [-0.4, -0.2) is 55.8 Å². The van der Waals surface area contributed by atoms with Crippen molar-refractivity contribution in [3.05, 3.63) is 0 Å². The monoisotopic (exact) mass is 462 g/mol. The molecule has 188 valence electrons. The number of amides is 1. The van der Waals surface area contributed by atoms with E-state index in [-0.39, 0.29) is 24.9 Å². The second-order valence-electron chi connectivity index (χ2n) is 9.86. The molecule has 0 spiro atoms. The topological polar surface area (TPSA) is 49.3 Å². The van der Waals surface area contributed by atoms with Crippen molar-refractivity contribution < 1.29 is 26.8 Å². The molecule has 0 saturated carbocycles. The number of quaternary nitrogens is 1. The Morgan fingerprint density at radius 3 is 1.55 bits per heavy atom. The summed E-state index contributed by atoms with van der Waals surface area (Å²) >= 11 is 0. The summed E-state index contributed by atoms with van der Waals surface area (Å²) in [6, 6.07) is 0. The second kappa shape index (κ2) is 24.3. The first kappa shape index (κ1) is 32.9. The largest absolute Gasteiger partial charge is 1.00 e. The van der Waals surface area contributed by atoms with Crippen LogP contribution in [0.1, 0.15) is 122 Å². The molecule has 31 heavy (non-hydrogen) atoms. The maximum absolute atomic E-state index is 11.9. The molecule has 2 N–H and O–H groups in total. The average molecular weight is 463 g/mol. The molecule has 0 atom stereocenters. The number of unbranched alkanes of at least 4 members (excludes halogenated alkanes) is 14. The van der Waals surface area contributed by atoms with E-state index in [0.717, 1.165) is 43.4 Å². The molecule has 0 fully saturated rings. The van der Waals surface area contributed by atoms with Crippen LogP contribution >= 0.6 is 0 Å². The third-order valence-corrected chi connectivity index (χ3v) is 6.19. The van der Waals surface area contributed by atoms with Gasteiger partial charge in [0.05, 0.1) is 27.2 Å². The average Bonchev–Trinajstić information content (AvgIpc) is 2.72. The number of nitrogens with zero attached hydrogens (tertiary/aromatic N) is 1. The molecule has 0 saturated heterocycles. The molecule has 0 bridgehead atoms. The van der Waals surface area contributed by atoms with Crippen LogP contribution in [0.3, 0.4) is 0 Å². The number of hydrogen-bond acceptors (Lipinski definition) is 2. The number of aliphatic hydroxyl groups excluding tert-OH is 1. The van der Waals surface area contributed by atoms with Crippen molar-refractivity contribution in [2.45, 2.75) is 122 Å². The number of rotatable bonds is 23. The molecule has 0 aliphatic rings. The van der Waals surface area contributed by atoms with E-state index in [0.29, 0.717) is 6.42 Å². The second-order valence-corrected chi connectivity index (χ2v) is 9.86. The zero-order chi connectivity index (χ0) is 22.3. The van der Waals surface area contributed by atoms with Crippen molar-refractivity contribution in [1.82, 2.24) is 5.32 Å². The first-order chi connectivity index (χ1) is 14.5. The van der Waals surface area contributed by atoms with Crippen LogP contribution < -0.4 is 17.7 Å². The zero-order valence-corrected chi connectivity index (χ0v) is 22.0. The molecular formula is C26H55ClN2O2. The Labute approximate surface area is 200 Å². The SMILES string of the molecule is CCCCCCCCCCCCCCCCCC(=O)NCCC[N+](C)(C)CCCO.[Cl-]. The van der Waals surface area contributed by atoms with E-state index in [1.807, 2.05) is 0 Å². The number of carbonyl (C=O) groups excluding carboxylic acids is 1. The highest BCUT2D eigenvalue weighted by molar-refractivity contribution is 5.75. The van der Waals surface area contributed by atoms with Crippen molar-refractivity contribution in [3.63, 3.8) is 0 Å². The molecule has 0 rings (SSSR count). The van der Waals surface area contributed by atoms with Gasteiger partial charge in [-0.15, -0.1) is 0 Å². The van der Waals surface area contributed by atoms with E-state index in [9.17, 15) is 4.79 Å². The number of carbonyl (C=O) groups is 1. The molecule has 0 unspecified atom stereocenters. The van der Waals surface area contributed by atoms with Crippen LogP contribution in [0.5, 0.6) is 0 Å². The Kier molecular flexibility index (Phi) is 25.8. The summed E-state index contributed by atoms with van der Waals surface area (Å²) in [5.41, 5.74) is 0. The van der Waals surface area contributed by atoms with Gasteiger partial charge in [0.2, 0.25) is 5.91 Å². The highest BCUT2D eigenvalue weighted by Gasteiger charge is 2.13. The van der Waals surface area contributed by atoms with Gasteiger partial charge in [-0.25, -0.2) is 0 Å². The van der Waals surface area contributed by atoms with Gasteiger partial charge in [-0.1, -0.05) is 96.8 Å². The minimum Gasteiger partial charge on any atom is -1.00 e. The van der Waals surface area contributed by atoms with Gasteiger partial charge in [-0.2, -0.15) is 0 Å². The Morgan fingerprint density at radius 2 is 1.10 bits per heavy atom. The van der Waals surface area contributed by atoms with Gasteiger partial charge in [0.1, 0.15) is 0 Å². The van der Waals surface area contributed by atoms with Crippen LogP contribution in [-0.2, 0) is 4.79 Å². The fraction of sp³-hybridized carbons (Fsp3) is 0.962. The maximum Gasteiger partial charge on any atom is 0.219 e. The number of hydrogen-bond donors (Lipinski definition) is 2. The lowest BCUT2D eigenvalue weighted by molar-refractivity contribution is -0.890. The predicted molar refractivity (Wildman–Crippen MR) is 131 cm³/mol. The molecule has 0 aromatic carbocycles. The van der Waals surface area contributed by atoms with Crippen molar-refractivity contribution >= 4 is 5.91 Å². The number of nitrogens with one attached hydrogen (secondary N) is 1. The fourth-order valence-corrected chi connectivity index (χ4v) is 4.09. The summed E-state index contributed by atoms with van der Waals surface area (Å²) in [6.07, 6.45) is 22.9. The molecule has 0 radical (unpaired) electrons. The summed E-state index contributed by atoms with van der Waals surface area (Å²) < 4.78 is 0.912. The lowest BCUT2D eigenvalue weighted by Crippen LogP contribution is -3.00. The lowest BCUT2D eigenvalue weighted by atomic mass is 10.0. The Balaban J connectivity index is 0. The Hall–Kier alpha value is -0.320. The van der Waals surface area contributed by atoms with Crippen molar-refractivity contribution in [2.75, 3.05) is 40.3 Å². The molecule has 5 heteroatoms. The number of halogens is 1. The molecule has 0 aromatic heterocycles. The number of aliphatic hydroxyl groups is 1. The first-order valence-electron chi connectivity index (χ1n) is 13.2. The molecule has 0 aliphatic heterocycles. The van der Waals surface area contributed by atoms with Crippen LogP contribution in [0.2, 0.25) is 0 Å². The standard InChI is InChI=1S/C26H54N2O2.ClH/c1-4-5-6-7-8-9-10-11-12-13-14-15-16-17-18-21-26(30)27-22-19-23-28(2,3)24-20-25-29;/h29H,4-25H2,1-3H3;1H. The van der Waals surface area contributed by atoms with E-state index >= 15 is 0 Å². The summed E-state index contributed by atoms with van der Waals surface area (Å²) in [5, 5.41) is 12.0. The van der Waals surface area contributed by atoms with Gasteiger partial charge in [-0.05, 0) is 6.42 Å². The van der Waals surface area contributed by atoms with E-state index in [4.69, 9.17) is 5.11 Å². The van der Waals surface area contributed by atoms with Crippen molar-refractivity contribution in [2.24, 2.45) is 0 Å². The van der Waals surface area contributed by atoms with Gasteiger partial charge in [-0.3, -0.25) is 4.79 Å². The van der Waals surface area contributed by atoms with Crippen LogP contribution in [0.25, 0.3) is 0 Å². The van der Waals surface area contributed by atoms with E-state index in [1.165, 1.54) is 89.9 Å². The Bertz CT molecular complexity index is 378. The molecular weight excluding hydrogens is 408 g/mol. The molecule has 0 heterocycles. The molecule has 0 aliphatic carbocycles. The smallest absolute Gasteiger partial charge is 0.219 e. The van der Waals surface area contributed by atoms with E-state index < -0.39 is 0 Å². The first-order valence-corrected chi connectivity index (χ1v) is 13.2. The third-order valence-electron chi connectivity index (χ3n) is 6.19. The molecule has 4 nitrogen and oxygen atoms in total. The Morgan fingerprint density at radius 1 is 0.677 bits per heavy atom. The third kappa shape index (κ3) is 25.8. The van der Waals surface area contributed by atoms with Gasteiger partial charge in [0.15, 0.2) is 0 Å². The predicted octanol–water partition coefficient (Wildman–Crippen LogP) is 3.22. The van der Waals surface area contributed by atoms with Gasteiger partial charge in [0.25, 0.3) is 0 Å². The molecule has 0 aromatic rings. The normalized spacial score (nSPS) is 11.4. The summed E-state index contributed by atoms with van der Waals surface area (Å²) in [6.45, 7) is 5.35. The fourth-order valence-electron chi connectivity index (χ4n) is 4.09. The summed E-state index contributed by atoms with van der Waals surface area (Å²) in [7, 11) is 4.38. The highest BCUT2D eigenvalue weighted by atomic mass is 35.5. The van der Waals surface area contributed by atoms with Gasteiger partial charge >= 0.3 is 0 Å². The minimum absolute atomic E-state index is 0. The van der Waals surface area contributed by atoms with Crippen molar-refractivity contribution in [3.8, 4) is 0 Å². The molecule has 1 amide bonds. The van der Waals surface area contributed by atoms with Crippen molar-refractivity contribution in [1.29, 1.82) is 0 Å². The quantitative estimate of drug-likeness (QED) is 0.181. The summed E-state index contributed by atoms with van der Waals surface area (Å²) in [4.78, 5) is 11.9. The lowest BCUT2D eigenvalue weighted by Gasteiger charge is -2.29. The minimum atomic E-state index is 0.